The largest absolute Gasteiger partial charge is 0.461 e. The molecule has 1 saturated heterocycles. The van der Waals surface area contributed by atoms with E-state index in [9.17, 15) is 4.79 Å². The minimum Gasteiger partial charge on any atom is -0.461 e. The Labute approximate surface area is 169 Å². The monoisotopic (exact) mass is 473 g/mol. The Morgan fingerprint density at radius 1 is 1.54 bits per heavy atom. The van der Waals surface area contributed by atoms with Crippen LogP contribution in [0.2, 0.25) is 0 Å². The van der Waals surface area contributed by atoms with Crippen molar-refractivity contribution in [2.75, 3.05) is 20.1 Å². The number of H-pyrrole nitrogens is 1. The van der Waals surface area contributed by atoms with Gasteiger partial charge in [0.15, 0.2) is 11.7 Å². The van der Waals surface area contributed by atoms with Crippen LogP contribution in [-0.2, 0) is 11.3 Å². The first-order valence-electron chi connectivity index (χ1n) is 8.39. The number of furan rings is 1. The van der Waals surface area contributed by atoms with Crippen LogP contribution in [0.4, 0.5) is 0 Å². The molecule has 0 radical (unpaired) electrons. The first-order valence-corrected chi connectivity index (χ1v) is 8.39. The van der Waals surface area contributed by atoms with E-state index in [2.05, 4.69) is 30.8 Å². The number of likely N-dealkylation sites (tertiary alicyclic amines) is 1. The fourth-order valence-electron chi connectivity index (χ4n) is 2.77. The van der Waals surface area contributed by atoms with Crippen molar-refractivity contribution >= 4 is 35.8 Å². The van der Waals surface area contributed by atoms with Gasteiger partial charge in [-0.25, -0.2) is 4.98 Å². The molecule has 10 heteroatoms. The number of aromatic amines is 1. The van der Waals surface area contributed by atoms with E-state index in [4.69, 9.17) is 4.42 Å². The first kappa shape index (κ1) is 20.2. The Morgan fingerprint density at radius 2 is 2.38 bits per heavy atom. The summed E-state index contributed by atoms with van der Waals surface area (Å²) in [6.45, 7) is 3.84. The molecule has 0 aliphatic carbocycles. The van der Waals surface area contributed by atoms with Gasteiger partial charge in [0.25, 0.3) is 0 Å². The lowest BCUT2D eigenvalue weighted by Crippen LogP contribution is -2.44. The number of aliphatic imine (C=N–C) groups is 1. The van der Waals surface area contributed by atoms with Crippen molar-refractivity contribution in [2.45, 2.75) is 32.4 Å². The van der Waals surface area contributed by atoms with Crippen molar-refractivity contribution in [3.05, 3.63) is 24.2 Å². The van der Waals surface area contributed by atoms with E-state index in [1.807, 2.05) is 17.9 Å². The summed E-state index contributed by atoms with van der Waals surface area (Å²) in [5.41, 5.74) is 0. The van der Waals surface area contributed by atoms with Gasteiger partial charge in [0.05, 0.1) is 12.8 Å². The van der Waals surface area contributed by atoms with Gasteiger partial charge in [0.2, 0.25) is 11.7 Å². The zero-order chi connectivity index (χ0) is 17.6. The van der Waals surface area contributed by atoms with Crippen LogP contribution in [-0.4, -0.2) is 58.1 Å². The molecule has 0 aromatic carbocycles. The lowest BCUT2D eigenvalue weighted by atomic mass is 10.3. The van der Waals surface area contributed by atoms with Crippen molar-refractivity contribution in [1.29, 1.82) is 0 Å². The molecular weight excluding hydrogens is 449 g/mol. The van der Waals surface area contributed by atoms with Gasteiger partial charge in [0, 0.05) is 32.6 Å². The zero-order valence-electron chi connectivity index (χ0n) is 14.9. The number of halogens is 1. The zero-order valence-corrected chi connectivity index (χ0v) is 17.2. The maximum Gasteiger partial charge on any atom is 0.222 e. The molecule has 9 nitrogen and oxygen atoms in total. The van der Waals surface area contributed by atoms with Gasteiger partial charge in [-0.2, -0.15) is 0 Å². The van der Waals surface area contributed by atoms with E-state index in [0.29, 0.717) is 42.9 Å². The number of hydrogen-bond acceptors (Lipinski definition) is 5. The molecule has 1 amide bonds. The Balaban J connectivity index is 0.00000243. The number of guanidine groups is 1. The number of nitrogens with zero attached hydrogens (tertiary/aromatic N) is 4. The van der Waals surface area contributed by atoms with E-state index >= 15 is 0 Å². The summed E-state index contributed by atoms with van der Waals surface area (Å²) in [4.78, 5) is 22.2. The number of hydrogen-bond donors (Lipinski definition) is 3. The highest BCUT2D eigenvalue weighted by Gasteiger charge is 2.25. The Bertz CT molecular complexity index is 729. The fraction of sp³-hybridized carbons (Fsp3) is 0.500. The van der Waals surface area contributed by atoms with Gasteiger partial charge in [0.1, 0.15) is 5.82 Å². The van der Waals surface area contributed by atoms with Gasteiger partial charge < -0.3 is 20.0 Å². The van der Waals surface area contributed by atoms with Crippen LogP contribution < -0.4 is 10.6 Å². The van der Waals surface area contributed by atoms with Crippen molar-refractivity contribution in [2.24, 2.45) is 4.99 Å². The summed E-state index contributed by atoms with van der Waals surface area (Å²) >= 11 is 0. The average molecular weight is 473 g/mol. The maximum atomic E-state index is 11.8. The molecule has 2 aromatic rings. The molecule has 2 aromatic heterocycles. The molecule has 1 aliphatic heterocycles. The van der Waals surface area contributed by atoms with E-state index in [1.54, 1.807) is 19.4 Å². The lowest BCUT2D eigenvalue weighted by molar-refractivity contribution is -0.129. The number of amides is 1. The molecule has 3 rings (SSSR count). The molecule has 1 aliphatic rings. The smallest absolute Gasteiger partial charge is 0.222 e. The summed E-state index contributed by atoms with van der Waals surface area (Å²) in [6, 6.07) is 3.81. The van der Waals surface area contributed by atoms with Gasteiger partial charge >= 0.3 is 0 Å². The lowest BCUT2D eigenvalue weighted by Gasteiger charge is -2.18. The highest BCUT2D eigenvalue weighted by atomic mass is 127. The third-order valence-electron chi connectivity index (χ3n) is 4.10. The van der Waals surface area contributed by atoms with Crippen molar-refractivity contribution in [3.8, 4) is 11.6 Å². The van der Waals surface area contributed by atoms with Crippen LogP contribution in [0.25, 0.3) is 11.6 Å². The van der Waals surface area contributed by atoms with Crippen molar-refractivity contribution < 1.29 is 9.21 Å². The minimum absolute atomic E-state index is 0. The Hall–Kier alpha value is -2.11. The quantitative estimate of drug-likeness (QED) is 0.344. The molecule has 0 bridgehead atoms. The normalized spacial score (nSPS) is 17.1. The van der Waals surface area contributed by atoms with Crippen LogP contribution in [0.15, 0.2) is 27.8 Å². The first-order chi connectivity index (χ1) is 12.2. The number of carbonyl (C=O) groups excluding carboxylic acids is 1. The van der Waals surface area contributed by atoms with Gasteiger partial charge in [-0.15, -0.1) is 29.1 Å². The topological polar surface area (TPSA) is 111 Å². The molecule has 0 saturated carbocycles. The number of rotatable bonds is 5. The van der Waals surface area contributed by atoms with Crippen LogP contribution in [0.5, 0.6) is 0 Å². The minimum atomic E-state index is 0. The summed E-state index contributed by atoms with van der Waals surface area (Å²) in [7, 11) is 1.72. The summed E-state index contributed by atoms with van der Waals surface area (Å²) < 4.78 is 5.27. The average Bonchev–Trinajstić information content (AvgIpc) is 3.38. The Morgan fingerprint density at radius 3 is 3.08 bits per heavy atom. The van der Waals surface area contributed by atoms with Crippen LogP contribution in [0.3, 0.4) is 0 Å². The van der Waals surface area contributed by atoms with Gasteiger partial charge in [-0.05, 0) is 18.6 Å². The number of aromatic nitrogens is 3. The van der Waals surface area contributed by atoms with Gasteiger partial charge in [-0.1, -0.05) is 6.92 Å². The summed E-state index contributed by atoms with van der Waals surface area (Å²) in [5, 5.41) is 13.6. The molecule has 3 N–H and O–H groups in total. The van der Waals surface area contributed by atoms with Crippen molar-refractivity contribution in [3.63, 3.8) is 0 Å². The molecule has 142 valence electrons. The van der Waals surface area contributed by atoms with Gasteiger partial charge in [-0.3, -0.25) is 14.9 Å². The highest BCUT2D eigenvalue weighted by Crippen LogP contribution is 2.14. The fourth-order valence-corrected chi connectivity index (χ4v) is 2.77. The second kappa shape index (κ2) is 9.55. The van der Waals surface area contributed by atoms with Crippen LogP contribution in [0.1, 0.15) is 25.6 Å². The number of carbonyl (C=O) groups is 1. The van der Waals surface area contributed by atoms with E-state index in [0.717, 1.165) is 13.0 Å². The highest BCUT2D eigenvalue weighted by molar-refractivity contribution is 14.0. The Kier molecular flexibility index (Phi) is 7.42. The number of nitrogens with one attached hydrogen (secondary N) is 3. The molecular formula is C16H24IN7O2. The molecule has 0 spiro atoms. The molecule has 3 heterocycles. The van der Waals surface area contributed by atoms with E-state index in [1.165, 1.54) is 0 Å². The van der Waals surface area contributed by atoms with Crippen LogP contribution in [0, 0.1) is 0 Å². The molecule has 1 fully saturated rings. The molecule has 1 unspecified atom stereocenters. The van der Waals surface area contributed by atoms with E-state index in [-0.39, 0.29) is 35.9 Å². The summed E-state index contributed by atoms with van der Waals surface area (Å²) in [6.07, 6.45) is 3.05. The maximum absolute atomic E-state index is 11.8. The SMILES string of the molecule is CCC(=O)N1CCC(NC(=NC)NCc2nc(-c3ccco3)n[nH]2)C1.I. The van der Waals surface area contributed by atoms with Crippen LogP contribution >= 0.6 is 24.0 Å². The second-order valence-electron chi connectivity index (χ2n) is 5.83. The van der Waals surface area contributed by atoms with E-state index < -0.39 is 0 Å². The third kappa shape index (κ3) is 4.96. The predicted molar refractivity (Wildman–Crippen MR) is 108 cm³/mol. The molecule has 1 atom stereocenters. The predicted octanol–water partition coefficient (Wildman–Crippen LogP) is 1.36. The molecule has 26 heavy (non-hydrogen) atoms. The summed E-state index contributed by atoms with van der Waals surface area (Å²) in [5.74, 6) is 2.69. The third-order valence-corrected chi connectivity index (χ3v) is 4.10. The second-order valence-corrected chi connectivity index (χ2v) is 5.83. The van der Waals surface area contributed by atoms with Crippen molar-refractivity contribution in [1.82, 2.24) is 30.7 Å². The standard InChI is InChI=1S/C16H23N7O2.HI/c1-3-14(24)23-7-6-11(10-23)19-16(17-2)18-9-13-20-15(22-21-13)12-5-4-8-25-12;/h4-5,8,11H,3,6-7,9-10H2,1-2H3,(H2,17,18,19)(H,20,21,22);1H.